The van der Waals surface area contributed by atoms with Crippen LogP contribution in [0.15, 0.2) is 36.4 Å². The first-order valence-corrected chi connectivity index (χ1v) is 11.9. The number of methoxy groups -OCH3 is 2. The number of carbonyl (C=O) groups excluding carboxylic acids is 1. The van der Waals surface area contributed by atoms with Gasteiger partial charge in [-0.3, -0.25) is 9.69 Å². The van der Waals surface area contributed by atoms with E-state index in [0.29, 0.717) is 24.5 Å². The van der Waals surface area contributed by atoms with Gasteiger partial charge in [0.1, 0.15) is 0 Å². The minimum atomic E-state index is -0.684. The molecule has 178 valence electrons. The van der Waals surface area contributed by atoms with Gasteiger partial charge in [0.05, 0.1) is 26.4 Å². The number of aliphatic hydroxyl groups is 1. The summed E-state index contributed by atoms with van der Waals surface area (Å²) in [6.45, 7) is 5.01. The van der Waals surface area contributed by atoms with Crippen LogP contribution in [0, 0.1) is 19.8 Å². The van der Waals surface area contributed by atoms with Crippen molar-refractivity contribution in [2.75, 3.05) is 32.6 Å². The molecule has 2 aromatic rings. The number of aryl methyl sites for hydroxylation is 2. The Morgan fingerprint density at radius 1 is 1.06 bits per heavy atom. The van der Waals surface area contributed by atoms with Crippen LogP contribution in [-0.2, 0) is 4.79 Å². The number of nitrogens with zero attached hydrogens (tertiary/aromatic N) is 1. The second-order valence-corrected chi connectivity index (χ2v) is 9.66. The molecule has 0 spiro atoms. The van der Waals surface area contributed by atoms with Gasteiger partial charge in [-0.05, 0) is 74.1 Å². The lowest BCUT2D eigenvalue weighted by Gasteiger charge is -2.52. The van der Waals surface area contributed by atoms with Crippen molar-refractivity contribution in [1.82, 2.24) is 4.90 Å². The average molecular weight is 453 g/mol. The van der Waals surface area contributed by atoms with Gasteiger partial charge in [0, 0.05) is 24.2 Å². The molecular formula is C27H36N2O4. The molecule has 33 heavy (non-hydrogen) atoms. The molecule has 1 aliphatic heterocycles. The Balaban J connectivity index is 1.62. The highest BCUT2D eigenvalue weighted by Gasteiger charge is 2.49. The van der Waals surface area contributed by atoms with Crippen LogP contribution in [0.4, 0.5) is 5.69 Å². The predicted octanol–water partition coefficient (Wildman–Crippen LogP) is 4.63. The van der Waals surface area contributed by atoms with Crippen molar-refractivity contribution in [3.8, 4) is 11.5 Å². The van der Waals surface area contributed by atoms with Gasteiger partial charge in [0.25, 0.3) is 0 Å². The molecule has 3 atom stereocenters. The average Bonchev–Trinajstić information content (AvgIpc) is 2.77. The summed E-state index contributed by atoms with van der Waals surface area (Å²) in [7, 11) is 3.26. The summed E-state index contributed by atoms with van der Waals surface area (Å²) in [6.07, 6.45) is 4.62. The Bertz CT molecular complexity index is 987. The van der Waals surface area contributed by atoms with Crippen LogP contribution in [0.25, 0.3) is 0 Å². The molecule has 1 amide bonds. The summed E-state index contributed by atoms with van der Waals surface area (Å²) < 4.78 is 11.0. The van der Waals surface area contributed by atoms with Crippen LogP contribution in [0.2, 0.25) is 0 Å². The van der Waals surface area contributed by atoms with Gasteiger partial charge in [0.15, 0.2) is 11.5 Å². The van der Waals surface area contributed by atoms with Crippen molar-refractivity contribution in [1.29, 1.82) is 0 Å². The van der Waals surface area contributed by atoms with Crippen molar-refractivity contribution in [2.24, 2.45) is 5.92 Å². The van der Waals surface area contributed by atoms with Crippen molar-refractivity contribution in [3.05, 3.63) is 53.1 Å². The molecule has 1 aliphatic carbocycles. The van der Waals surface area contributed by atoms with E-state index in [2.05, 4.69) is 16.3 Å². The van der Waals surface area contributed by atoms with E-state index in [0.717, 1.165) is 48.1 Å². The van der Waals surface area contributed by atoms with E-state index in [1.807, 2.05) is 44.2 Å². The maximum Gasteiger partial charge on any atom is 0.238 e. The highest BCUT2D eigenvalue weighted by Crippen LogP contribution is 2.50. The van der Waals surface area contributed by atoms with Crippen LogP contribution in [0.3, 0.4) is 0 Å². The van der Waals surface area contributed by atoms with Crippen LogP contribution in [-0.4, -0.2) is 48.8 Å². The number of piperidine rings is 1. The molecule has 0 bridgehead atoms. The van der Waals surface area contributed by atoms with Crippen molar-refractivity contribution >= 4 is 11.6 Å². The fraction of sp³-hybridized carbons (Fsp3) is 0.519. The number of benzene rings is 2. The molecule has 1 heterocycles. The Labute approximate surface area is 196 Å². The van der Waals surface area contributed by atoms with Crippen molar-refractivity contribution in [2.45, 2.75) is 57.6 Å². The summed E-state index contributed by atoms with van der Waals surface area (Å²) in [5.41, 5.74) is 3.44. The molecule has 1 saturated heterocycles. The number of hydrogen-bond donors (Lipinski definition) is 2. The Kier molecular flexibility index (Phi) is 6.96. The molecule has 4 rings (SSSR count). The molecule has 2 fully saturated rings. The summed E-state index contributed by atoms with van der Waals surface area (Å²) in [4.78, 5) is 15.3. The third kappa shape index (κ3) is 5.02. The lowest BCUT2D eigenvalue weighted by atomic mass is 9.66. The fourth-order valence-electron chi connectivity index (χ4n) is 5.83. The molecule has 6 heteroatoms. The number of amides is 1. The van der Waals surface area contributed by atoms with Crippen molar-refractivity contribution < 1.29 is 19.4 Å². The number of hydrogen-bond acceptors (Lipinski definition) is 5. The molecule has 0 unspecified atom stereocenters. The van der Waals surface area contributed by atoms with E-state index < -0.39 is 5.60 Å². The van der Waals surface area contributed by atoms with Gasteiger partial charge in [-0.2, -0.15) is 0 Å². The topological polar surface area (TPSA) is 71.0 Å². The van der Waals surface area contributed by atoms with Crippen LogP contribution >= 0.6 is 0 Å². The lowest BCUT2D eigenvalue weighted by Crippen LogP contribution is -2.56. The second kappa shape index (κ2) is 9.74. The number of likely N-dealkylation sites (tertiary alicyclic amines) is 1. The zero-order valence-electron chi connectivity index (χ0n) is 20.2. The van der Waals surface area contributed by atoms with Gasteiger partial charge in [-0.1, -0.05) is 25.0 Å². The van der Waals surface area contributed by atoms with Gasteiger partial charge < -0.3 is 19.9 Å². The summed E-state index contributed by atoms with van der Waals surface area (Å²) in [5.74, 6) is 1.38. The zero-order chi connectivity index (χ0) is 23.6. The monoisotopic (exact) mass is 452 g/mol. The second-order valence-electron chi connectivity index (χ2n) is 9.66. The highest BCUT2D eigenvalue weighted by atomic mass is 16.5. The minimum absolute atomic E-state index is 0.0354. The zero-order valence-corrected chi connectivity index (χ0v) is 20.2. The van der Waals surface area contributed by atoms with Crippen LogP contribution in [0.1, 0.15) is 54.8 Å². The number of carbonyl (C=O) groups is 1. The van der Waals surface area contributed by atoms with E-state index in [-0.39, 0.29) is 24.4 Å². The van der Waals surface area contributed by atoms with Gasteiger partial charge in [-0.15, -0.1) is 0 Å². The summed E-state index contributed by atoms with van der Waals surface area (Å²) in [6, 6.07) is 12.0. The smallest absolute Gasteiger partial charge is 0.238 e. The summed E-state index contributed by atoms with van der Waals surface area (Å²) in [5, 5.41) is 14.6. The van der Waals surface area contributed by atoms with E-state index in [9.17, 15) is 9.90 Å². The first-order valence-electron chi connectivity index (χ1n) is 11.9. The standard InChI is InChI=1S/C27H36N2O4/c1-18-13-19(2)15-21(14-18)28-25(30)17-29-12-11-27(31)10-6-5-7-22(27)26(29)20-8-9-23(32-3)24(16-20)33-4/h8-9,13-16,22,26,31H,5-7,10-12,17H2,1-4H3,(H,28,30)/t22-,26-,27-/m0/s1. The first kappa shape index (κ1) is 23.6. The van der Waals surface area contributed by atoms with Crippen LogP contribution in [0.5, 0.6) is 11.5 Å². The highest BCUT2D eigenvalue weighted by molar-refractivity contribution is 5.92. The third-order valence-corrected chi connectivity index (χ3v) is 7.27. The van der Waals surface area contributed by atoms with Gasteiger partial charge in [-0.25, -0.2) is 0 Å². The van der Waals surface area contributed by atoms with E-state index in [4.69, 9.17) is 9.47 Å². The molecular weight excluding hydrogens is 416 g/mol. The van der Waals surface area contributed by atoms with Gasteiger partial charge >= 0.3 is 0 Å². The molecule has 6 nitrogen and oxygen atoms in total. The number of ether oxygens (including phenoxy) is 2. The largest absolute Gasteiger partial charge is 0.493 e. The Hall–Kier alpha value is -2.57. The normalized spacial score (nSPS) is 25.2. The minimum Gasteiger partial charge on any atom is -0.493 e. The van der Waals surface area contributed by atoms with Crippen molar-refractivity contribution in [3.63, 3.8) is 0 Å². The summed E-state index contributed by atoms with van der Waals surface area (Å²) >= 11 is 0. The predicted molar refractivity (Wildman–Crippen MR) is 130 cm³/mol. The number of fused-ring (bicyclic) bond motifs is 1. The van der Waals surface area contributed by atoms with Gasteiger partial charge in [0.2, 0.25) is 5.91 Å². The number of rotatable bonds is 6. The lowest BCUT2D eigenvalue weighted by molar-refractivity contribution is -0.135. The first-order chi connectivity index (χ1) is 15.8. The number of anilines is 1. The molecule has 2 aromatic carbocycles. The molecule has 2 aliphatic rings. The fourth-order valence-corrected chi connectivity index (χ4v) is 5.83. The van der Waals surface area contributed by atoms with E-state index >= 15 is 0 Å². The maximum atomic E-state index is 13.1. The maximum absolute atomic E-state index is 13.1. The van der Waals surface area contributed by atoms with E-state index in [1.165, 1.54) is 0 Å². The Morgan fingerprint density at radius 3 is 2.48 bits per heavy atom. The van der Waals surface area contributed by atoms with Crippen LogP contribution < -0.4 is 14.8 Å². The SMILES string of the molecule is COc1ccc([C@H]2[C@@H]3CCCC[C@]3(O)CCN2CC(=O)Nc2cc(C)cc(C)c2)cc1OC. The quantitative estimate of drug-likeness (QED) is 0.669. The molecule has 2 N–H and O–H groups in total. The Morgan fingerprint density at radius 2 is 1.79 bits per heavy atom. The molecule has 0 aromatic heterocycles. The molecule has 1 saturated carbocycles. The molecule has 0 radical (unpaired) electrons. The number of nitrogens with one attached hydrogen (secondary N) is 1. The van der Waals surface area contributed by atoms with E-state index in [1.54, 1.807) is 14.2 Å². The third-order valence-electron chi connectivity index (χ3n) is 7.27.